The molecule has 5 heterocycles. The maximum Gasteiger partial charge on any atom is 0.275 e. The molecule has 0 saturated heterocycles. The Bertz CT molecular complexity index is 1370. The van der Waals surface area contributed by atoms with Crippen LogP contribution in [0.2, 0.25) is 0 Å². The summed E-state index contributed by atoms with van der Waals surface area (Å²) in [5.74, 6) is 1.51. The lowest BCUT2D eigenvalue weighted by atomic mass is 10.0. The summed E-state index contributed by atoms with van der Waals surface area (Å²) in [4.78, 5) is 21.8. The van der Waals surface area contributed by atoms with Gasteiger partial charge in [0.1, 0.15) is 23.0 Å². The van der Waals surface area contributed by atoms with Gasteiger partial charge in [-0.15, -0.1) is 10.2 Å². The molecule has 0 aromatic carbocycles. The quantitative estimate of drug-likeness (QED) is 0.523. The van der Waals surface area contributed by atoms with E-state index >= 15 is 0 Å². The molecule has 0 saturated carbocycles. The van der Waals surface area contributed by atoms with Crippen molar-refractivity contribution in [2.75, 3.05) is 31.3 Å². The van der Waals surface area contributed by atoms with Crippen molar-refractivity contribution < 1.29 is 17.9 Å². The van der Waals surface area contributed by atoms with Crippen LogP contribution in [0, 0.1) is 0 Å². The molecule has 0 radical (unpaired) electrons. The van der Waals surface area contributed by atoms with Crippen molar-refractivity contribution in [3.05, 3.63) is 53.1 Å². The number of fused-ring (bicyclic) bond motifs is 2. The van der Waals surface area contributed by atoms with E-state index in [4.69, 9.17) is 4.74 Å². The number of amides is 1. The third kappa shape index (κ3) is 4.68. The molecular formula is C23H27N7O4S. The van der Waals surface area contributed by atoms with Gasteiger partial charge in [0, 0.05) is 38.9 Å². The average molecular weight is 498 g/mol. The minimum Gasteiger partial charge on any atom is -0.384 e. The molecule has 2 aliphatic heterocycles. The number of hydrogen-bond donors (Lipinski definition) is 1. The molecule has 0 spiro atoms. The van der Waals surface area contributed by atoms with Gasteiger partial charge in [0.2, 0.25) is 10.0 Å². The van der Waals surface area contributed by atoms with Gasteiger partial charge in [-0.05, 0) is 49.1 Å². The van der Waals surface area contributed by atoms with Gasteiger partial charge in [-0.3, -0.25) is 9.78 Å². The molecule has 12 heteroatoms. The number of sulfonamides is 1. The highest BCUT2D eigenvalue weighted by Crippen LogP contribution is 2.30. The maximum atomic E-state index is 13.0. The minimum absolute atomic E-state index is 0.0761. The highest BCUT2D eigenvalue weighted by atomic mass is 32.2. The van der Waals surface area contributed by atoms with Crippen molar-refractivity contribution in [2.24, 2.45) is 0 Å². The molecule has 1 atom stereocenters. The Morgan fingerprint density at radius 1 is 1.23 bits per heavy atom. The average Bonchev–Trinajstić information content (AvgIpc) is 3.45. The van der Waals surface area contributed by atoms with E-state index < -0.39 is 15.9 Å². The Balaban J connectivity index is 1.33. The maximum absolute atomic E-state index is 13.0. The van der Waals surface area contributed by atoms with Crippen LogP contribution in [0.1, 0.15) is 46.8 Å². The molecule has 3 aromatic heterocycles. The zero-order valence-corrected chi connectivity index (χ0v) is 20.5. The molecule has 1 N–H and O–H groups in total. The van der Waals surface area contributed by atoms with Gasteiger partial charge in [-0.1, -0.05) is 6.07 Å². The predicted octanol–water partition coefficient (Wildman–Crippen LogP) is 1.83. The van der Waals surface area contributed by atoms with E-state index in [1.807, 2.05) is 12.1 Å². The molecule has 11 nitrogen and oxygen atoms in total. The Hall–Kier alpha value is -3.22. The van der Waals surface area contributed by atoms with Crippen LogP contribution < -0.4 is 5.32 Å². The van der Waals surface area contributed by atoms with E-state index in [2.05, 4.69) is 37.0 Å². The van der Waals surface area contributed by atoms with E-state index in [-0.39, 0.29) is 24.6 Å². The summed E-state index contributed by atoms with van der Waals surface area (Å²) in [6.45, 7) is 2.85. The van der Waals surface area contributed by atoms with Crippen LogP contribution in [0.15, 0.2) is 30.5 Å². The Kier molecular flexibility index (Phi) is 6.34. The first-order valence-electron chi connectivity index (χ1n) is 11.5. The largest absolute Gasteiger partial charge is 0.384 e. The SMILES string of the molecule is COCCS(=O)(=O)N1CCc2cnc(C(=O)Nc3cccc(-c4nnc5n4[C@@H](C)CC5)n3)cc2C1. The number of methoxy groups -OCH3 is 1. The van der Waals surface area contributed by atoms with E-state index in [9.17, 15) is 13.2 Å². The van der Waals surface area contributed by atoms with Crippen LogP contribution in [0.25, 0.3) is 11.5 Å². The standard InChI is InChI=1S/C23H27N7O4S/c1-15-6-7-21-27-28-22(30(15)21)18-4-3-5-20(25-18)26-23(31)19-12-17-14-29(9-8-16(17)13-24-19)35(32,33)11-10-34-2/h3-5,12-13,15H,6-11,14H2,1-2H3,(H,25,26,31)/t15-/m0/s1. The molecule has 35 heavy (non-hydrogen) atoms. The normalized spacial score (nSPS) is 17.7. The van der Waals surface area contributed by atoms with Crippen LogP contribution in [0.4, 0.5) is 5.82 Å². The van der Waals surface area contributed by atoms with Gasteiger partial charge in [-0.2, -0.15) is 4.31 Å². The van der Waals surface area contributed by atoms with E-state index in [1.165, 1.54) is 11.4 Å². The second-order valence-electron chi connectivity index (χ2n) is 8.79. The second kappa shape index (κ2) is 9.44. The number of aromatic nitrogens is 5. The molecule has 2 aliphatic rings. The van der Waals surface area contributed by atoms with Crippen LogP contribution in [0.3, 0.4) is 0 Å². The Morgan fingerprint density at radius 3 is 2.91 bits per heavy atom. The van der Waals surface area contributed by atoms with E-state index in [1.54, 1.807) is 18.3 Å². The fourth-order valence-corrected chi connectivity index (χ4v) is 5.84. The molecule has 0 unspecified atom stereocenters. The van der Waals surface area contributed by atoms with Crippen LogP contribution in [-0.4, -0.2) is 69.4 Å². The summed E-state index contributed by atoms with van der Waals surface area (Å²) in [5.41, 5.74) is 2.54. The summed E-state index contributed by atoms with van der Waals surface area (Å²) >= 11 is 0. The molecule has 5 rings (SSSR count). The third-order valence-electron chi connectivity index (χ3n) is 6.44. The molecule has 0 fully saturated rings. The monoisotopic (exact) mass is 497 g/mol. The molecule has 0 aliphatic carbocycles. The first-order valence-corrected chi connectivity index (χ1v) is 13.1. The number of carbonyl (C=O) groups is 1. The van der Waals surface area contributed by atoms with Gasteiger partial charge in [0.25, 0.3) is 5.91 Å². The van der Waals surface area contributed by atoms with E-state index in [0.717, 1.165) is 29.8 Å². The first-order chi connectivity index (χ1) is 16.9. The molecule has 0 bridgehead atoms. The lowest BCUT2D eigenvalue weighted by molar-refractivity contribution is 0.102. The van der Waals surface area contributed by atoms with Gasteiger partial charge in [0.05, 0.1) is 12.4 Å². The van der Waals surface area contributed by atoms with Gasteiger partial charge >= 0.3 is 0 Å². The van der Waals surface area contributed by atoms with Gasteiger partial charge < -0.3 is 14.6 Å². The van der Waals surface area contributed by atoms with Crippen LogP contribution >= 0.6 is 0 Å². The predicted molar refractivity (Wildman–Crippen MR) is 128 cm³/mol. The van der Waals surface area contributed by atoms with Crippen LogP contribution in [-0.2, 0) is 34.1 Å². The molecular weight excluding hydrogens is 470 g/mol. The lowest BCUT2D eigenvalue weighted by Gasteiger charge is -2.28. The molecule has 184 valence electrons. The zero-order valence-electron chi connectivity index (χ0n) is 19.6. The topological polar surface area (TPSA) is 132 Å². The van der Waals surface area contributed by atoms with Crippen molar-refractivity contribution >= 4 is 21.7 Å². The fraction of sp³-hybridized carbons (Fsp3) is 0.435. The highest BCUT2D eigenvalue weighted by Gasteiger charge is 2.28. The van der Waals surface area contributed by atoms with E-state index in [0.29, 0.717) is 36.3 Å². The number of anilines is 1. The number of nitrogens with zero attached hydrogens (tertiary/aromatic N) is 6. The summed E-state index contributed by atoms with van der Waals surface area (Å²) in [7, 11) is -1.97. The number of ether oxygens (including phenoxy) is 1. The smallest absolute Gasteiger partial charge is 0.275 e. The summed E-state index contributed by atoms with van der Waals surface area (Å²) in [5, 5.41) is 11.4. The number of nitrogens with one attached hydrogen (secondary N) is 1. The molecule has 1 amide bonds. The minimum atomic E-state index is -3.44. The van der Waals surface area contributed by atoms with Crippen molar-refractivity contribution in [3.8, 4) is 11.5 Å². The van der Waals surface area contributed by atoms with Crippen LogP contribution in [0.5, 0.6) is 0 Å². The highest BCUT2D eigenvalue weighted by molar-refractivity contribution is 7.89. The lowest BCUT2D eigenvalue weighted by Crippen LogP contribution is -2.38. The fourth-order valence-electron chi connectivity index (χ4n) is 4.50. The second-order valence-corrected chi connectivity index (χ2v) is 10.9. The van der Waals surface area contributed by atoms with Crippen molar-refractivity contribution in [1.29, 1.82) is 0 Å². The number of rotatable bonds is 7. The number of aryl methyl sites for hydroxylation is 1. The third-order valence-corrected chi connectivity index (χ3v) is 8.23. The summed E-state index contributed by atoms with van der Waals surface area (Å²) < 4.78 is 33.6. The molecule has 3 aromatic rings. The summed E-state index contributed by atoms with van der Waals surface area (Å²) in [6, 6.07) is 7.30. The summed E-state index contributed by atoms with van der Waals surface area (Å²) in [6.07, 6.45) is 4.10. The number of pyridine rings is 2. The Morgan fingerprint density at radius 2 is 2.09 bits per heavy atom. The van der Waals surface area contributed by atoms with Crippen molar-refractivity contribution in [1.82, 2.24) is 29.0 Å². The number of carbonyl (C=O) groups excluding carboxylic acids is 1. The van der Waals surface area contributed by atoms with Gasteiger partial charge in [0.15, 0.2) is 5.82 Å². The number of hydrogen-bond acceptors (Lipinski definition) is 8. The van der Waals surface area contributed by atoms with Crippen molar-refractivity contribution in [3.63, 3.8) is 0 Å². The zero-order chi connectivity index (χ0) is 24.6. The Labute approximate surface area is 203 Å². The first kappa shape index (κ1) is 23.5. The van der Waals surface area contributed by atoms with Crippen molar-refractivity contribution in [2.45, 2.75) is 38.8 Å². The van der Waals surface area contributed by atoms with Gasteiger partial charge in [-0.25, -0.2) is 13.4 Å².